The quantitative estimate of drug-likeness (QED) is 0.422. The van der Waals surface area contributed by atoms with Gasteiger partial charge in [0.2, 0.25) is 0 Å². The molecule has 1 aromatic carbocycles. The summed E-state index contributed by atoms with van der Waals surface area (Å²) in [6.07, 6.45) is 3.66. The number of likely N-dealkylation sites (tertiary alicyclic amines) is 1. The molecule has 0 bridgehead atoms. The van der Waals surface area contributed by atoms with E-state index < -0.39 is 11.9 Å². The number of hydrogen-bond acceptors (Lipinski definition) is 6. The van der Waals surface area contributed by atoms with Gasteiger partial charge in [0.05, 0.1) is 0 Å². The number of ether oxygens (including phenoxy) is 2. The molecule has 0 radical (unpaired) electrons. The predicted octanol–water partition coefficient (Wildman–Crippen LogP) is 3.23. The molecule has 1 saturated heterocycles. The van der Waals surface area contributed by atoms with E-state index in [0.29, 0.717) is 12.0 Å². The van der Waals surface area contributed by atoms with Crippen molar-refractivity contribution in [1.82, 2.24) is 4.90 Å². The van der Waals surface area contributed by atoms with Gasteiger partial charge < -0.3 is 14.4 Å². The van der Waals surface area contributed by atoms with Gasteiger partial charge in [-0.1, -0.05) is 6.92 Å². The van der Waals surface area contributed by atoms with Crippen molar-refractivity contribution >= 4 is 17.7 Å². The van der Waals surface area contributed by atoms with Crippen molar-refractivity contribution in [1.29, 1.82) is 0 Å². The monoisotopic (exact) mass is 361 g/mol. The SMILES string of the molecule is CC(=O)Oc1ccc(C(=O)CCCN2CCC(C)CC2)cc1OC(C)=O. The van der Waals surface area contributed by atoms with Crippen LogP contribution in [0.15, 0.2) is 18.2 Å². The number of piperidine rings is 1. The fraction of sp³-hybridized carbons (Fsp3) is 0.550. The van der Waals surface area contributed by atoms with Gasteiger partial charge in [0.25, 0.3) is 0 Å². The highest BCUT2D eigenvalue weighted by Crippen LogP contribution is 2.29. The van der Waals surface area contributed by atoms with Gasteiger partial charge in [-0.15, -0.1) is 0 Å². The van der Waals surface area contributed by atoms with Gasteiger partial charge >= 0.3 is 11.9 Å². The van der Waals surface area contributed by atoms with E-state index in [4.69, 9.17) is 9.47 Å². The summed E-state index contributed by atoms with van der Waals surface area (Å²) in [5, 5.41) is 0. The van der Waals surface area contributed by atoms with E-state index in [1.807, 2.05) is 0 Å². The first kappa shape index (κ1) is 20.1. The number of hydrogen-bond donors (Lipinski definition) is 0. The third kappa shape index (κ3) is 6.26. The highest BCUT2D eigenvalue weighted by molar-refractivity contribution is 5.97. The molecule has 1 aromatic rings. The van der Waals surface area contributed by atoms with Crippen molar-refractivity contribution in [3.8, 4) is 11.5 Å². The molecule has 1 heterocycles. The second kappa shape index (κ2) is 9.48. The molecule has 6 heteroatoms. The number of ketones is 1. The Morgan fingerprint density at radius 3 is 2.27 bits per heavy atom. The summed E-state index contributed by atoms with van der Waals surface area (Å²) in [5.41, 5.74) is 0.449. The fourth-order valence-corrected chi connectivity index (χ4v) is 3.05. The molecule has 2 rings (SSSR count). The Labute approximate surface area is 154 Å². The number of rotatable bonds is 7. The molecule has 0 aliphatic carbocycles. The van der Waals surface area contributed by atoms with Gasteiger partial charge in [0, 0.05) is 25.8 Å². The molecule has 0 spiro atoms. The Morgan fingerprint density at radius 2 is 1.65 bits per heavy atom. The molecule has 0 atom stereocenters. The molecule has 6 nitrogen and oxygen atoms in total. The van der Waals surface area contributed by atoms with Crippen molar-refractivity contribution in [3.05, 3.63) is 23.8 Å². The van der Waals surface area contributed by atoms with Gasteiger partial charge in [-0.25, -0.2) is 0 Å². The zero-order chi connectivity index (χ0) is 19.1. The van der Waals surface area contributed by atoms with E-state index in [0.717, 1.165) is 32.0 Å². The van der Waals surface area contributed by atoms with E-state index in [1.165, 1.54) is 38.8 Å². The maximum absolute atomic E-state index is 12.4. The zero-order valence-corrected chi connectivity index (χ0v) is 15.7. The van der Waals surface area contributed by atoms with Crippen molar-refractivity contribution < 1.29 is 23.9 Å². The van der Waals surface area contributed by atoms with Crippen molar-refractivity contribution in [2.75, 3.05) is 19.6 Å². The van der Waals surface area contributed by atoms with Crippen LogP contribution in [-0.4, -0.2) is 42.3 Å². The standard InChI is InChI=1S/C20H27NO5/c1-14-8-11-21(12-9-14)10-4-5-18(24)17-6-7-19(25-15(2)22)20(13-17)26-16(3)23/h6-7,13-14H,4-5,8-12H2,1-3H3. The first-order chi connectivity index (χ1) is 12.3. The average Bonchev–Trinajstić information content (AvgIpc) is 2.57. The summed E-state index contributed by atoms with van der Waals surface area (Å²) in [6.45, 7) is 7.91. The molecular formula is C20H27NO5. The smallest absolute Gasteiger partial charge is 0.308 e. The van der Waals surface area contributed by atoms with E-state index in [1.54, 1.807) is 6.07 Å². The van der Waals surface area contributed by atoms with E-state index in [-0.39, 0.29) is 17.3 Å². The average molecular weight is 361 g/mol. The second-order valence-corrected chi connectivity index (χ2v) is 6.90. The number of nitrogens with zero attached hydrogens (tertiary/aromatic N) is 1. The summed E-state index contributed by atoms with van der Waals surface area (Å²) >= 11 is 0. The van der Waals surface area contributed by atoms with Crippen LogP contribution < -0.4 is 9.47 Å². The number of carbonyl (C=O) groups excluding carboxylic acids is 3. The van der Waals surface area contributed by atoms with Crippen molar-refractivity contribution in [3.63, 3.8) is 0 Å². The summed E-state index contributed by atoms with van der Waals surface area (Å²) < 4.78 is 10.1. The molecule has 1 aliphatic rings. The maximum atomic E-state index is 12.4. The predicted molar refractivity (Wildman–Crippen MR) is 97.5 cm³/mol. The second-order valence-electron chi connectivity index (χ2n) is 6.90. The lowest BCUT2D eigenvalue weighted by molar-refractivity contribution is -0.134. The number of carbonyl (C=O) groups is 3. The summed E-state index contributed by atoms with van der Waals surface area (Å²) in [4.78, 5) is 37.2. The van der Waals surface area contributed by atoms with Crippen LogP contribution in [0.5, 0.6) is 11.5 Å². The van der Waals surface area contributed by atoms with Gasteiger partial charge in [-0.2, -0.15) is 0 Å². The molecule has 0 N–H and O–H groups in total. The molecule has 1 fully saturated rings. The number of esters is 2. The van der Waals surface area contributed by atoms with Gasteiger partial charge in [0.15, 0.2) is 17.3 Å². The summed E-state index contributed by atoms with van der Waals surface area (Å²) in [6, 6.07) is 4.54. The van der Waals surface area contributed by atoms with Gasteiger partial charge in [0.1, 0.15) is 0 Å². The van der Waals surface area contributed by atoms with Crippen LogP contribution in [0.1, 0.15) is 56.8 Å². The molecule has 26 heavy (non-hydrogen) atoms. The lowest BCUT2D eigenvalue weighted by Gasteiger charge is -2.30. The minimum atomic E-state index is -0.540. The topological polar surface area (TPSA) is 72.9 Å². The van der Waals surface area contributed by atoms with Crippen LogP contribution in [-0.2, 0) is 9.59 Å². The molecule has 0 saturated carbocycles. The highest BCUT2D eigenvalue weighted by Gasteiger charge is 2.17. The van der Waals surface area contributed by atoms with Crippen LogP contribution in [0.4, 0.5) is 0 Å². The van der Waals surface area contributed by atoms with E-state index >= 15 is 0 Å². The Kier molecular flexibility index (Phi) is 7.33. The fourth-order valence-electron chi connectivity index (χ4n) is 3.05. The Hall–Kier alpha value is -2.21. The Morgan fingerprint density at radius 1 is 1.04 bits per heavy atom. The maximum Gasteiger partial charge on any atom is 0.308 e. The van der Waals surface area contributed by atoms with Crippen molar-refractivity contribution in [2.24, 2.45) is 5.92 Å². The molecule has 0 unspecified atom stereocenters. The van der Waals surface area contributed by atoms with E-state index in [9.17, 15) is 14.4 Å². The Bertz CT molecular complexity index is 662. The molecular weight excluding hydrogens is 334 g/mol. The Balaban J connectivity index is 1.94. The van der Waals surface area contributed by atoms with Gasteiger partial charge in [-0.05, 0) is 63.0 Å². The molecule has 142 valence electrons. The molecule has 1 aliphatic heterocycles. The lowest BCUT2D eigenvalue weighted by Crippen LogP contribution is -2.33. The number of benzene rings is 1. The van der Waals surface area contributed by atoms with Crippen LogP contribution >= 0.6 is 0 Å². The summed E-state index contributed by atoms with van der Waals surface area (Å²) in [5.74, 6) is -0.0626. The zero-order valence-electron chi connectivity index (χ0n) is 15.7. The first-order valence-corrected chi connectivity index (χ1v) is 9.11. The van der Waals surface area contributed by atoms with Crippen LogP contribution in [0.3, 0.4) is 0 Å². The largest absolute Gasteiger partial charge is 0.423 e. The molecule has 0 amide bonds. The van der Waals surface area contributed by atoms with Crippen LogP contribution in [0, 0.1) is 5.92 Å². The minimum absolute atomic E-state index is 0.0156. The van der Waals surface area contributed by atoms with Gasteiger partial charge in [-0.3, -0.25) is 14.4 Å². The normalized spacial score (nSPS) is 15.5. The van der Waals surface area contributed by atoms with Crippen LogP contribution in [0.25, 0.3) is 0 Å². The summed E-state index contributed by atoms with van der Waals surface area (Å²) in [7, 11) is 0. The first-order valence-electron chi connectivity index (χ1n) is 9.11. The third-order valence-electron chi connectivity index (χ3n) is 4.53. The number of Topliss-reactive ketones (excluding diaryl/α,β-unsaturated/α-hetero) is 1. The minimum Gasteiger partial charge on any atom is -0.423 e. The van der Waals surface area contributed by atoms with Crippen LogP contribution in [0.2, 0.25) is 0 Å². The highest BCUT2D eigenvalue weighted by atomic mass is 16.6. The van der Waals surface area contributed by atoms with Crippen molar-refractivity contribution in [2.45, 2.75) is 46.5 Å². The van der Waals surface area contributed by atoms with E-state index in [2.05, 4.69) is 11.8 Å². The molecule has 0 aromatic heterocycles. The lowest BCUT2D eigenvalue weighted by atomic mass is 9.99. The third-order valence-corrected chi connectivity index (χ3v) is 4.53.